The molecular formula is C20H28N4O3S. The number of para-hydroxylation sites is 2. The molecule has 1 aliphatic rings. The van der Waals surface area contributed by atoms with Gasteiger partial charge in [-0.25, -0.2) is 9.78 Å². The summed E-state index contributed by atoms with van der Waals surface area (Å²) in [5.74, 6) is 2.04. The molecule has 0 spiro atoms. The van der Waals surface area contributed by atoms with E-state index < -0.39 is 0 Å². The largest absolute Gasteiger partial charge is 0.449 e. The Kier molecular flexibility index (Phi) is 6.83. The Morgan fingerprint density at radius 1 is 1.14 bits per heavy atom. The van der Waals surface area contributed by atoms with Crippen LogP contribution in [-0.4, -0.2) is 70.4 Å². The summed E-state index contributed by atoms with van der Waals surface area (Å²) in [7, 11) is 0. The molecule has 0 saturated carbocycles. The van der Waals surface area contributed by atoms with Crippen LogP contribution < -0.4 is 0 Å². The molecule has 2 aromatic rings. The van der Waals surface area contributed by atoms with Crippen molar-refractivity contribution in [1.29, 1.82) is 0 Å². The third-order valence-corrected chi connectivity index (χ3v) is 5.28. The smallest absolute Gasteiger partial charge is 0.409 e. The number of nitrogens with zero attached hydrogens (tertiary/aromatic N) is 4. The molecule has 1 aliphatic heterocycles. The average Bonchev–Trinajstić information content (AvgIpc) is 3.03. The predicted molar refractivity (Wildman–Crippen MR) is 111 cm³/mol. The van der Waals surface area contributed by atoms with Crippen molar-refractivity contribution in [3.8, 4) is 0 Å². The Bertz CT molecular complexity index is 828. The van der Waals surface area contributed by atoms with E-state index in [1.54, 1.807) is 16.7 Å². The van der Waals surface area contributed by atoms with Gasteiger partial charge in [0, 0.05) is 26.2 Å². The number of hydrogen-bond donors (Lipinski definition) is 0. The van der Waals surface area contributed by atoms with Crippen molar-refractivity contribution < 1.29 is 14.3 Å². The summed E-state index contributed by atoms with van der Waals surface area (Å²) in [6, 6.07) is 7.90. The van der Waals surface area contributed by atoms with Gasteiger partial charge in [-0.3, -0.25) is 4.79 Å². The zero-order chi connectivity index (χ0) is 20.1. The number of hydrogen-bond acceptors (Lipinski definition) is 5. The maximum atomic E-state index is 12.9. The minimum Gasteiger partial charge on any atom is -0.449 e. The van der Waals surface area contributed by atoms with E-state index in [4.69, 9.17) is 4.74 Å². The van der Waals surface area contributed by atoms with Crippen LogP contribution in [0.5, 0.6) is 0 Å². The van der Waals surface area contributed by atoms with Crippen molar-refractivity contribution >= 4 is 34.8 Å². The maximum absolute atomic E-state index is 12.9. The Labute approximate surface area is 170 Å². The van der Waals surface area contributed by atoms with E-state index in [1.807, 2.05) is 53.8 Å². The monoisotopic (exact) mass is 404 g/mol. The van der Waals surface area contributed by atoms with Crippen molar-refractivity contribution in [3.63, 3.8) is 0 Å². The van der Waals surface area contributed by atoms with E-state index in [0.717, 1.165) is 22.6 Å². The van der Waals surface area contributed by atoms with Crippen LogP contribution in [0.2, 0.25) is 0 Å². The molecule has 28 heavy (non-hydrogen) atoms. The molecule has 1 fully saturated rings. The second kappa shape index (κ2) is 9.32. The van der Waals surface area contributed by atoms with Crippen LogP contribution in [0.25, 0.3) is 11.0 Å². The normalized spacial score (nSPS) is 14.7. The Morgan fingerprint density at radius 3 is 2.50 bits per heavy atom. The number of carbonyl (C=O) groups is 2. The van der Waals surface area contributed by atoms with Crippen molar-refractivity contribution in [2.24, 2.45) is 5.92 Å². The highest BCUT2D eigenvalue weighted by Crippen LogP contribution is 2.19. The van der Waals surface area contributed by atoms with E-state index in [0.29, 0.717) is 38.7 Å². The third-order valence-electron chi connectivity index (χ3n) is 4.73. The molecule has 3 rings (SSSR count). The molecule has 1 aromatic heterocycles. The molecule has 1 aromatic carbocycles. The maximum Gasteiger partial charge on any atom is 0.409 e. The summed E-state index contributed by atoms with van der Waals surface area (Å²) in [4.78, 5) is 33.2. The summed E-state index contributed by atoms with van der Waals surface area (Å²) in [6.45, 7) is 6.78. The lowest BCUT2D eigenvalue weighted by Crippen LogP contribution is -2.51. The number of fused-ring (bicyclic) bond motifs is 1. The topological polar surface area (TPSA) is 67.7 Å². The van der Waals surface area contributed by atoms with Crippen LogP contribution in [0.3, 0.4) is 0 Å². The molecule has 0 bridgehead atoms. The number of carbonyl (C=O) groups excluding carboxylic acids is 2. The van der Waals surface area contributed by atoms with Crippen molar-refractivity contribution in [2.75, 3.05) is 39.0 Å². The molecule has 0 aliphatic carbocycles. The molecule has 7 nitrogen and oxygen atoms in total. The number of aromatic nitrogens is 2. The van der Waals surface area contributed by atoms with Gasteiger partial charge in [0.1, 0.15) is 12.4 Å². The van der Waals surface area contributed by atoms with Crippen LogP contribution in [0.4, 0.5) is 4.79 Å². The average molecular weight is 405 g/mol. The quantitative estimate of drug-likeness (QED) is 0.741. The number of piperazine rings is 1. The van der Waals surface area contributed by atoms with Gasteiger partial charge in [0.2, 0.25) is 5.91 Å². The minimum absolute atomic E-state index is 0.0562. The van der Waals surface area contributed by atoms with Crippen molar-refractivity contribution in [3.05, 3.63) is 30.1 Å². The van der Waals surface area contributed by atoms with Gasteiger partial charge in [-0.1, -0.05) is 26.0 Å². The SMILES string of the molecule is CSCc1nc2ccccc2n1CC(=O)N1CCN(C(=O)OCC(C)C)CC1. The molecule has 0 unspecified atom stereocenters. The fourth-order valence-electron chi connectivity index (χ4n) is 3.24. The first-order valence-corrected chi connectivity index (χ1v) is 11.0. The van der Waals surface area contributed by atoms with E-state index >= 15 is 0 Å². The third kappa shape index (κ3) is 4.79. The lowest BCUT2D eigenvalue weighted by Gasteiger charge is -2.34. The highest BCUT2D eigenvalue weighted by molar-refractivity contribution is 7.97. The molecule has 0 radical (unpaired) electrons. The zero-order valence-corrected chi connectivity index (χ0v) is 17.6. The van der Waals surface area contributed by atoms with Gasteiger partial charge in [-0.15, -0.1) is 0 Å². The predicted octanol–water partition coefficient (Wildman–Crippen LogP) is 2.84. The number of rotatable bonds is 6. The Hall–Kier alpha value is -2.22. The first kappa shape index (κ1) is 20.5. The molecule has 2 amide bonds. The van der Waals surface area contributed by atoms with Crippen molar-refractivity contribution in [1.82, 2.24) is 19.4 Å². The molecule has 152 valence electrons. The fraction of sp³-hybridized carbons (Fsp3) is 0.550. The van der Waals surface area contributed by atoms with E-state index in [1.165, 1.54) is 0 Å². The molecule has 0 N–H and O–H groups in total. The van der Waals surface area contributed by atoms with E-state index in [2.05, 4.69) is 4.98 Å². The van der Waals surface area contributed by atoms with Crippen molar-refractivity contribution in [2.45, 2.75) is 26.1 Å². The van der Waals surface area contributed by atoms with Gasteiger partial charge in [0.25, 0.3) is 0 Å². The number of imidazole rings is 1. The standard InChI is InChI=1S/C20H28N4O3S/c1-15(2)13-27-20(26)23-10-8-22(9-11-23)19(25)12-24-17-7-5-4-6-16(17)21-18(24)14-28-3/h4-7,15H,8-14H2,1-3H3. The second-order valence-corrected chi connectivity index (χ2v) is 8.24. The van der Waals surface area contributed by atoms with Gasteiger partial charge in [-0.05, 0) is 24.3 Å². The highest BCUT2D eigenvalue weighted by atomic mass is 32.2. The lowest BCUT2D eigenvalue weighted by atomic mass is 10.2. The molecular weight excluding hydrogens is 376 g/mol. The van der Waals surface area contributed by atoms with Gasteiger partial charge in [0.15, 0.2) is 0 Å². The Morgan fingerprint density at radius 2 is 1.82 bits per heavy atom. The summed E-state index contributed by atoms with van der Waals surface area (Å²) >= 11 is 1.69. The van der Waals surface area contributed by atoms with E-state index in [9.17, 15) is 9.59 Å². The van der Waals surface area contributed by atoms with Crippen LogP contribution in [-0.2, 0) is 21.8 Å². The lowest BCUT2D eigenvalue weighted by molar-refractivity contribution is -0.133. The summed E-state index contributed by atoms with van der Waals surface area (Å²) in [5, 5.41) is 0. The van der Waals surface area contributed by atoms with Gasteiger partial charge in [0.05, 0.1) is 23.4 Å². The van der Waals surface area contributed by atoms with E-state index in [-0.39, 0.29) is 18.5 Å². The van der Waals surface area contributed by atoms with Crippen LogP contribution in [0.1, 0.15) is 19.7 Å². The first-order chi connectivity index (χ1) is 13.5. The van der Waals surface area contributed by atoms with Gasteiger partial charge in [-0.2, -0.15) is 11.8 Å². The number of ether oxygens (including phenoxy) is 1. The zero-order valence-electron chi connectivity index (χ0n) is 16.8. The highest BCUT2D eigenvalue weighted by Gasteiger charge is 2.26. The molecule has 8 heteroatoms. The Balaban J connectivity index is 1.61. The van der Waals surface area contributed by atoms with Crippen LogP contribution >= 0.6 is 11.8 Å². The number of benzene rings is 1. The summed E-state index contributed by atoms with van der Waals surface area (Å²) in [5.41, 5.74) is 1.90. The summed E-state index contributed by atoms with van der Waals surface area (Å²) in [6.07, 6.45) is 1.74. The second-order valence-electron chi connectivity index (χ2n) is 7.37. The van der Waals surface area contributed by atoms with Crippen LogP contribution in [0, 0.1) is 5.92 Å². The van der Waals surface area contributed by atoms with Gasteiger partial charge < -0.3 is 19.1 Å². The summed E-state index contributed by atoms with van der Waals surface area (Å²) < 4.78 is 7.29. The minimum atomic E-state index is -0.288. The fourth-order valence-corrected chi connectivity index (χ4v) is 3.72. The molecule has 0 atom stereocenters. The number of thioether (sulfide) groups is 1. The first-order valence-electron chi connectivity index (χ1n) is 9.62. The number of amides is 2. The van der Waals surface area contributed by atoms with Gasteiger partial charge >= 0.3 is 6.09 Å². The molecule has 1 saturated heterocycles. The van der Waals surface area contributed by atoms with Crippen LogP contribution in [0.15, 0.2) is 24.3 Å². The molecule has 2 heterocycles.